The van der Waals surface area contributed by atoms with Crippen molar-refractivity contribution in [3.63, 3.8) is 0 Å². The average Bonchev–Trinajstić information content (AvgIpc) is 3.47. The number of rotatable bonds is 64. The van der Waals surface area contributed by atoms with Gasteiger partial charge in [0.1, 0.15) is 13.2 Å². The molecule has 6 nitrogen and oxygen atoms in total. The molecule has 1 atom stereocenters. The maximum Gasteiger partial charge on any atom is 0.306 e. The highest BCUT2D eigenvalue weighted by atomic mass is 16.6. The Balaban J connectivity index is 4.33. The molecule has 0 aromatic carbocycles. The third-order valence-electron chi connectivity index (χ3n) is 15.3. The number of hydrogen-bond donors (Lipinski definition) is 0. The number of carbonyl (C=O) groups is 3. The number of carbonyl (C=O) groups excluding carboxylic acids is 3. The van der Waals surface area contributed by atoms with E-state index in [-0.39, 0.29) is 31.1 Å². The van der Waals surface area contributed by atoms with Crippen molar-refractivity contribution in [2.75, 3.05) is 13.2 Å². The van der Waals surface area contributed by atoms with E-state index in [0.29, 0.717) is 19.3 Å². The molecule has 0 bridgehead atoms. The van der Waals surface area contributed by atoms with Crippen molar-refractivity contribution in [1.82, 2.24) is 0 Å². The van der Waals surface area contributed by atoms with Crippen LogP contribution in [0.3, 0.4) is 0 Å². The fourth-order valence-corrected chi connectivity index (χ4v) is 10.1. The molecule has 0 amide bonds. The van der Waals surface area contributed by atoms with Gasteiger partial charge in [0.25, 0.3) is 0 Å². The summed E-state index contributed by atoms with van der Waals surface area (Å²) in [5.41, 5.74) is 0. The number of unbranched alkanes of at least 4 members (excludes halogenated alkanes) is 37. The van der Waals surface area contributed by atoms with Gasteiger partial charge in [-0.25, -0.2) is 0 Å². The highest BCUT2D eigenvalue weighted by Crippen LogP contribution is 2.17. The minimum atomic E-state index is -0.784. The zero-order valence-corrected chi connectivity index (χ0v) is 54.2. The van der Waals surface area contributed by atoms with Gasteiger partial charge in [-0.2, -0.15) is 0 Å². The van der Waals surface area contributed by atoms with E-state index in [2.05, 4.69) is 118 Å². The second-order valence-electron chi connectivity index (χ2n) is 23.4. The van der Waals surface area contributed by atoms with Crippen LogP contribution in [0, 0.1) is 0 Å². The third kappa shape index (κ3) is 67.1. The predicted octanol–water partition coefficient (Wildman–Crippen LogP) is 24.4. The second kappa shape index (κ2) is 69.8. The predicted molar refractivity (Wildman–Crippen MR) is 357 cm³/mol. The van der Waals surface area contributed by atoms with Crippen LogP contribution in [0.15, 0.2) is 97.2 Å². The lowest BCUT2D eigenvalue weighted by Gasteiger charge is -2.18. The van der Waals surface area contributed by atoms with Crippen LogP contribution in [0.4, 0.5) is 0 Å². The van der Waals surface area contributed by atoms with Crippen LogP contribution in [0.2, 0.25) is 0 Å². The van der Waals surface area contributed by atoms with E-state index >= 15 is 0 Å². The SMILES string of the molecule is CC/C=C\C/C=C\C/C=C\C/C=C\C/C=C\C/C=C\C/C=C\CCCCCCCCCC(=O)OCC(COC(=O)CCCCCCCCCCCCCCCC)OC(=O)CCCCCCCCCCC/C=C\CCCCCCCCCC. The van der Waals surface area contributed by atoms with Gasteiger partial charge in [0.05, 0.1) is 0 Å². The second-order valence-corrected chi connectivity index (χ2v) is 23.4. The molecule has 0 aliphatic carbocycles. The molecule has 82 heavy (non-hydrogen) atoms. The molecule has 6 heteroatoms. The first-order valence-electron chi connectivity index (χ1n) is 35.2. The van der Waals surface area contributed by atoms with Crippen LogP contribution >= 0.6 is 0 Å². The molecule has 0 heterocycles. The van der Waals surface area contributed by atoms with Gasteiger partial charge in [-0.1, -0.05) is 323 Å². The summed E-state index contributed by atoms with van der Waals surface area (Å²) in [6, 6.07) is 0. The quantitative estimate of drug-likeness (QED) is 0.0261. The Morgan fingerprint density at radius 2 is 0.476 bits per heavy atom. The van der Waals surface area contributed by atoms with E-state index in [9.17, 15) is 14.4 Å². The lowest BCUT2D eigenvalue weighted by atomic mass is 10.0. The summed E-state index contributed by atoms with van der Waals surface area (Å²) in [4.78, 5) is 38.4. The summed E-state index contributed by atoms with van der Waals surface area (Å²) in [6.45, 7) is 6.56. The first-order chi connectivity index (χ1) is 40.5. The van der Waals surface area contributed by atoms with E-state index in [1.165, 1.54) is 199 Å². The molecule has 0 aliphatic heterocycles. The van der Waals surface area contributed by atoms with Crippen molar-refractivity contribution in [1.29, 1.82) is 0 Å². The lowest BCUT2D eigenvalue weighted by Crippen LogP contribution is -2.30. The minimum Gasteiger partial charge on any atom is -0.462 e. The van der Waals surface area contributed by atoms with Gasteiger partial charge in [-0.15, -0.1) is 0 Å². The Morgan fingerprint density at radius 3 is 0.756 bits per heavy atom. The fraction of sp³-hybridized carbons (Fsp3) is 0.750. The normalized spacial score (nSPS) is 12.7. The zero-order valence-electron chi connectivity index (χ0n) is 54.2. The first kappa shape index (κ1) is 78.3. The van der Waals surface area contributed by atoms with Gasteiger partial charge in [-0.05, 0) is 103 Å². The molecule has 0 saturated carbocycles. The van der Waals surface area contributed by atoms with Crippen molar-refractivity contribution < 1.29 is 28.6 Å². The highest BCUT2D eigenvalue weighted by molar-refractivity contribution is 5.71. The highest BCUT2D eigenvalue weighted by Gasteiger charge is 2.19. The maximum atomic E-state index is 13.0. The standard InChI is InChI=1S/C76H132O6/c1-4-7-10-13-16-19-22-25-28-30-32-34-35-36-37-38-39-40-41-43-44-46-48-51-54-57-60-63-66-69-75(78)81-72-73(71-80-74(77)68-65-62-59-56-53-50-27-24-21-18-15-12-9-6-3)82-76(79)70-67-64-61-58-55-52-49-47-45-42-33-31-29-26-23-20-17-14-11-8-5-2/h7,10,16,19,25,28,31-34,36-37,39-40,43-44,73H,4-6,8-9,11-15,17-18,20-24,26-27,29-30,35,38,41-42,45-72H2,1-3H3/b10-7-,19-16-,28-25-,33-31-,34-32-,37-36-,40-39-,44-43-. The fourth-order valence-electron chi connectivity index (χ4n) is 10.1. The lowest BCUT2D eigenvalue weighted by molar-refractivity contribution is -0.167. The monoisotopic (exact) mass is 1140 g/mol. The van der Waals surface area contributed by atoms with Crippen molar-refractivity contribution in [3.05, 3.63) is 97.2 Å². The molecule has 1 unspecified atom stereocenters. The van der Waals surface area contributed by atoms with Gasteiger partial charge in [0.15, 0.2) is 6.10 Å². The maximum absolute atomic E-state index is 13.0. The molecular weight excluding hydrogens is 1010 g/mol. The zero-order chi connectivity index (χ0) is 59.2. The molecule has 0 aromatic rings. The molecule has 0 radical (unpaired) electrons. The average molecular weight is 1140 g/mol. The van der Waals surface area contributed by atoms with Gasteiger partial charge in [0, 0.05) is 19.3 Å². The number of hydrogen-bond acceptors (Lipinski definition) is 6. The largest absolute Gasteiger partial charge is 0.462 e. The van der Waals surface area contributed by atoms with E-state index in [1.54, 1.807) is 0 Å². The smallest absolute Gasteiger partial charge is 0.306 e. The van der Waals surface area contributed by atoms with Crippen molar-refractivity contribution in [2.45, 2.75) is 354 Å². The topological polar surface area (TPSA) is 78.9 Å². The van der Waals surface area contributed by atoms with Crippen molar-refractivity contribution in [3.8, 4) is 0 Å². The summed E-state index contributed by atoms with van der Waals surface area (Å²) in [6.07, 6.45) is 94.2. The Hall–Kier alpha value is -3.67. The summed E-state index contributed by atoms with van der Waals surface area (Å²) >= 11 is 0. The molecule has 472 valence electrons. The molecule has 0 fully saturated rings. The van der Waals surface area contributed by atoms with Gasteiger partial charge >= 0.3 is 17.9 Å². The van der Waals surface area contributed by atoms with Crippen LogP contribution in [0.1, 0.15) is 348 Å². The third-order valence-corrected chi connectivity index (χ3v) is 15.3. The van der Waals surface area contributed by atoms with Crippen LogP contribution in [0.25, 0.3) is 0 Å². The van der Waals surface area contributed by atoms with E-state index in [0.717, 1.165) is 109 Å². The van der Waals surface area contributed by atoms with Crippen LogP contribution < -0.4 is 0 Å². The van der Waals surface area contributed by atoms with E-state index < -0.39 is 6.10 Å². The Bertz CT molecular complexity index is 1590. The summed E-state index contributed by atoms with van der Waals surface area (Å²) in [5.74, 6) is -0.875. The molecule has 0 rings (SSSR count). The van der Waals surface area contributed by atoms with Gasteiger partial charge in [0.2, 0.25) is 0 Å². The molecule has 0 aliphatic rings. The number of allylic oxidation sites excluding steroid dienone is 16. The van der Waals surface area contributed by atoms with Crippen molar-refractivity contribution >= 4 is 17.9 Å². The minimum absolute atomic E-state index is 0.0781. The number of esters is 3. The molecule has 0 aromatic heterocycles. The van der Waals surface area contributed by atoms with Crippen LogP contribution in [0.5, 0.6) is 0 Å². The summed E-state index contributed by atoms with van der Waals surface area (Å²) < 4.78 is 17.0. The molecule has 0 spiro atoms. The van der Waals surface area contributed by atoms with Crippen LogP contribution in [-0.2, 0) is 28.6 Å². The Labute approximate surface area is 508 Å². The van der Waals surface area contributed by atoms with Gasteiger partial charge < -0.3 is 14.2 Å². The molecule has 0 N–H and O–H groups in total. The first-order valence-corrected chi connectivity index (χ1v) is 35.2. The molecule has 0 saturated heterocycles. The molecular formula is C76H132O6. The Kier molecular flexibility index (Phi) is 66.7. The summed E-state index contributed by atoms with van der Waals surface area (Å²) in [5, 5.41) is 0. The van der Waals surface area contributed by atoms with E-state index in [1.807, 2.05) is 0 Å². The van der Waals surface area contributed by atoms with Gasteiger partial charge in [-0.3, -0.25) is 14.4 Å². The van der Waals surface area contributed by atoms with E-state index in [4.69, 9.17) is 14.2 Å². The summed E-state index contributed by atoms with van der Waals surface area (Å²) in [7, 11) is 0. The Morgan fingerprint density at radius 1 is 0.256 bits per heavy atom. The van der Waals surface area contributed by atoms with Crippen molar-refractivity contribution in [2.24, 2.45) is 0 Å². The van der Waals surface area contributed by atoms with Crippen LogP contribution in [-0.4, -0.2) is 37.2 Å². The number of ether oxygens (including phenoxy) is 3.